The number of rotatable bonds is 19. The Morgan fingerprint density at radius 1 is 1.11 bits per heavy atom. The molecule has 1 atom stereocenters. The maximum absolute atomic E-state index is 12.8. The van der Waals surface area contributed by atoms with E-state index in [1.54, 1.807) is 0 Å². The van der Waals surface area contributed by atoms with E-state index in [-0.39, 0.29) is 38.3 Å². The van der Waals surface area contributed by atoms with Crippen LogP contribution in [-0.4, -0.2) is 91.5 Å². The lowest BCUT2D eigenvalue weighted by atomic mass is 10.1. The second-order valence-corrected chi connectivity index (χ2v) is 8.78. The van der Waals surface area contributed by atoms with Crippen molar-refractivity contribution in [2.75, 3.05) is 53.1 Å². The van der Waals surface area contributed by atoms with Crippen molar-refractivity contribution in [3.8, 4) is 0 Å². The standard InChI is InChI=1S/C26H41N5O6/c1-3-30(2)19-21-18-20-6-4-5-7-23(20)31(21)13-10-24(32)29-22(8-9-25(33)34)26(35)28-12-15-37-17-16-36-14-11-27/h4-7,18,22H,3,8-17,19,27H2,1-2H3,(H,28,35)(H,29,32)(H,33,34)/t22-/m0/s1. The van der Waals surface area contributed by atoms with E-state index in [2.05, 4.69) is 33.1 Å². The van der Waals surface area contributed by atoms with Crippen LogP contribution in [0, 0.1) is 0 Å². The number of carbonyl (C=O) groups is 3. The van der Waals surface area contributed by atoms with Gasteiger partial charge in [-0.3, -0.25) is 14.4 Å². The summed E-state index contributed by atoms with van der Waals surface area (Å²) in [5.74, 6) is -1.78. The molecule has 1 aromatic heterocycles. The number of benzene rings is 1. The first-order chi connectivity index (χ1) is 17.8. The minimum Gasteiger partial charge on any atom is -0.481 e. The Bertz CT molecular complexity index is 995. The van der Waals surface area contributed by atoms with Crippen LogP contribution in [0.2, 0.25) is 0 Å². The Hall–Kier alpha value is -2.99. The first-order valence-electron chi connectivity index (χ1n) is 12.8. The van der Waals surface area contributed by atoms with Gasteiger partial charge >= 0.3 is 5.97 Å². The van der Waals surface area contributed by atoms with E-state index in [1.807, 2.05) is 31.3 Å². The molecule has 0 aliphatic carbocycles. The number of para-hydroxylation sites is 1. The van der Waals surface area contributed by atoms with Crippen molar-refractivity contribution < 1.29 is 29.0 Å². The maximum Gasteiger partial charge on any atom is 0.303 e. The number of carboxylic acid groups (broad SMARTS) is 1. The fourth-order valence-electron chi connectivity index (χ4n) is 3.84. The van der Waals surface area contributed by atoms with Gasteiger partial charge in [-0.15, -0.1) is 0 Å². The molecule has 2 aromatic rings. The third-order valence-electron chi connectivity index (χ3n) is 5.91. The number of hydrogen-bond donors (Lipinski definition) is 4. The van der Waals surface area contributed by atoms with Crippen LogP contribution in [0.4, 0.5) is 0 Å². The van der Waals surface area contributed by atoms with E-state index in [0.29, 0.717) is 32.9 Å². The minimum atomic E-state index is -1.03. The molecule has 0 saturated carbocycles. The largest absolute Gasteiger partial charge is 0.481 e. The number of nitrogens with zero attached hydrogens (tertiary/aromatic N) is 2. The van der Waals surface area contributed by atoms with Crippen LogP contribution in [0.1, 0.15) is 31.9 Å². The fraction of sp³-hybridized carbons (Fsp3) is 0.577. The van der Waals surface area contributed by atoms with Crippen molar-refractivity contribution >= 4 is 28.7 Å². The summed E-state index contributed by atoms with van der Waals surface area (Å²) in [6.45, 7) is 6.38. The zero-order valence-electron chi connectivity index (χ0n) is 21.9. The van der Waals surface area contributed by atoms with Crippen LogP contribution in [-0.2, 0) is 36.9 Å². The smallest absolute Gasteiger partial charge is 0.303 e. The highest BCUT2D eigenvalue weighted by atomic mass is 16.5. The van der Waals surface area contributed by atoms with Gasteiger partial charge < -0.3 is 40.4 Å². The Morgan fingerprint density at radius 2 is 1.84 bits per heavy atom. The van der Waals surface area contributed by atoms with Crippen molar-refractivity contribution in [3.05, 3.63) is 36.0 Å². The molecular formula is C26H41N5O6. The van der Waals surface area contributed by atoms with Crippen LogP contribution >= 0.6 is 0 Å². The first-order valence-corrected chi connectivity index (χ1v) is 12.8. The fourth-order valence-corrected chi connectivity index (χ4v) is 3.84. The van der Waals surface area contributed by atoms with E-state index < -0.39 is 17.9 Å². The Kier molecular flexibility index (Phi) is 13.6. The van der Waals surface area contributed by atoms with Gasteiger partial charge in [-0.05, 0) is 37.5 Å². The van der Waals surface area contributed by atoms with Crippen LogP contribution < -0.4 is 16.4 Å². The Balaban J connectivity index is 1.92. The number of ether oxygens (including phenoxy) is 2. The third kappa shape index (κ3) is 10.9. The molecule has 11 nitrogen and oxygen atoms in total. The van der Waals surface area contributed by atoms with Crippen molar-refractivity contribution in [1.29, 1.82) is 0 Å². The number of aryl methyl sites for hydroxylation is 1. The van der Waals surface area contributed by atoms with Gasteiger partial charge in [0.15, 0.2) is 0 Å². The molecule has 11 heteroatoms. The van der Waals surface area contributed by atoms with Gasteiger partial charge in [-0.25, -0.2) is 0 Å². The first kappa shape index (κ1) is 30.2. The van der Waals surface area contributed by atoms with E-state index >= 15 is 0 Å². The number of hydrogen-bond acceptors (Lipinski definition) is 7. The highest BCUT2D eigenvalue weighted by Gasteiger charge is 2.22. The molecule has 1 heterocycles. The van der Waals surface area contributed by atoms with E-state index in [9.17, 15) is 14.4 Å². The van der Waals surface area contributed by atoms with Gasteiger partial charge in [0.2, 0.25) is 11.8 Å². The number of carboxylic acids is 1. The van der Waals surface area contributed by atoms with Crippen LogP contribution in [0.25, 0.3) is 10.9 Å². The molecule has 206 valence electrons. The average Bonchev–Trinajstić information content (AvgIpc) is 3.23. The normalized spacial score (nSPS) is 12.1. The molecule has 0 bridgehead atoms. The van der Waals surface area contributed by atoms with Crippen molar-refractivity contribution in [2.45, 2.75) is 45.3 Å². The summed E-state index contributed by atoms with van der Waals surface area (Å²) in [6.07, 6.45) is -0.0763. The SMILES string of the molecule is CCN(C)Cc1cc2ccccc2n1CCC(=O)N[C@@H](CCC(=O)O)C(=O)NCCOCCOCCN. The number of fused-ring (bicyclic) bond motifs is 1. The quantitative estimate of drug-likeness (QED) is 0.201. The molecule has 0 saturated heterocycles. The van der Waals surface area contributed by atoms with E-state index in [0.717, 1.165) is 29.7 Å². The Labute approximate surface area is 218 Å². The molecule has 0 fully saturated rings. The summed E-state index contributed by atoms with van der Waals surface area (Å²) in [7, 11) is 2.04. The molecule has 0 aliphatic heterocycles. The van der Waals surface area contributed by atoms with Crippen LogP contribution in [0.15, 0.2) is 30.3 Å². The highest BCUT2D eigenvalue weighted by Crippen LogP contribution is 2.21. The Morgan fingerprint density at radius 3 is 2.54 bits per heavy atom. The molecule has 0 spiro atoms. The second-order valence-electron chi connectivity index (χ2n) is 8.78. The van der Waals surface area contributed by atoms with Crippen molar-refractivity contribution in [3.63, 3.8) is 0 Å². The lowest BCUT2D eigenvalue weighted by Crippen LogP contribution is -2.47. The maximum atomic E-state index is 12.8. The number of carbonyl (C=O) groups excluding carboxylic acids is 2. The van der Waals surface area contributed by atoms with Gasteiger partial charge in [0.25, 0.3) is 0 Å². The van der Waals surface area contributed by atoms with Crippen LogP contribution in [0.3, 0.4) is 0 Å². The average molecular weight is 520 g/mol. The van der Waals surface area contributed by atoms with Gasteiger partial charge in [0.05, 0.1) is 26.4 Å². The number of aliphatic carboxylic acids is 1. The monoisotopic (exact) mass is 519 g/mol. The van der Waals surface area contributed by atoms with Gasteiger partial charge in [-0.1, -0.05) is 25.1 Å². The second kappa shape index (κ2) is 16.7. The molecule has 0 radical (unpaired) electrons. The zero-order chi connectivity index (χ0) is 27.0. The molecule has 0 aliphatic rings. The molecule has 2 rings (SSSR count). The summed E-state index contributed by atoms with van der Waals surface area (Å²) in [4.78, 5) is 38.7. The summed E-state index contributed by atoms with van der Waals surface area (Å²) in [5.41, 5.74) is 7.49. The summed E-state index contributed by atoms with van der Waals surface area (Å²) >= 11 is 0. The number of nitrogens with two attached hydrogens (primary N) is 1. The molecule has 1 aromatic carbocycles. The predicted octanol–water partition coefficient (Wildman–Crippen LogP) is 0.941. The van der Waals surface area contributed by atoms with Gasteiger partial charge in [-0.2, -0.15) is 0 Å². The number of amides is 2. The third-order valence-corrected chi connectivity index (χ3v) is 5.91. The molecular weight excluding hydrogens is 478 g/mol. The molecule has 0 unspecified atom stereocenters. The van der Waals surface area contributed by atoms with Crippen LogP contribution in [0.5, 0.6) is 0 Å². The molecule has 5 N–H and O–H groups in total. The zero-order valence-corrected chi connectivity index (χ0v) is 21.9. The summed E-state index contributed by atoms with van der Waals surface area (Å²) < 4.78 is 12.7. The van der Waals surface area contributed by atoms with E-state index in [4.69, 9.17) is 20.3 Å². The molecule has 37 heavy (non-hydrogen) atoms. The number of aromatic nitrogens is 1. The van der Waals surface area contributed by atoms with Crippen molar-refractivity contribution in [1.82, 2.24) is 20.1 Å². The highest BCUT2D eigenvalue weighted by molar-refractivity contribution is 5.88. The van der Waals surface area contributed by atoms with Gasteiger partial charge in [0.1, 0.15) is 6.04 Å². The molecule has 2 amide bonds. The van der Waals surface area contributed by atoms with Crippen molar-refractivity contribution in [2.24, 2.45) is 5.73 Å². The summed E-state index contributed by atoms with van der Waals surface area (Å²) in [5, 5.41) is 15.6. The topological polar surface area (TPSA) is 148 Å². The number of nitrogens with one attached hydrogen (secondary N) is 2. The minimum absolute atomic E-state index is 0.000310. The van der Waals surface area contributed by atoms with E-state index in [1.165, 1.54) is 0 Å². The summed E-state index contributed by atoms with van der Waals surface area (Å²) in [6, 6.07) is 9.22. The van der Waals surface area contributed by atoms with Gasteiger partial charge in [0, 0.05) is 50.2 Å². The lowest BCUT2D eigenvalue weighted by molar-refractivity contribution is -0.138. The lowest BCUT2D eigenvalue weighted by Gasteiger charge is -2.19. The predicted molar refractivity (Wildman–Crippen MR) is 141 cm³/mol.